The average Bonchev–Trinajstić information content (AvgIpc) is 3.20. The molecule has 0 aromatic rings. The van der Waals surface area contributed by atoms with Crippen LogP contribution in [-0.4, -0.2) is 112 Å². The summed E-state index contributed by atoms with van der Waals surface area (Å²) in [5, 5.41) is 45.2. The number of ether oxygens (including phenoxy) is 3. The fourth-order valence-corrected chi connectivity index (χ4v) is 7.45. The minimum atomic E-state index is -1.44. The molecule has 0 saturated carbocycles. The number of aliphatic hydroxyl groups excluding tert-OH is 3. The Kier molecular flexibility index (Phi) is 13.3. The van der Waals surface area contributed by atoms with Gasteiger partial charge in [-0.05, 0) is 49.9 Å². The molecule has 3 saturated heterocycles. The van der Waals surface area contributed by atoms with Crippen molar-refractivity contribution < 1.29 is 49.0 Å². The average molecular weight is 603 g/mol. The fraction of sp³-hybridized carbons (Fsp3) is 0.821. The summed E-state index contributed by atoms with van der Waals surface area (Å²) < 4.78 is 17.5. The standard InChI is InChI=1S/C27H44N2O8S.CH2O2/c1-14(2)10-16-8-9-35-24-17(11-16)12-28-20(24)26(34)29-19-7-5-4-6-18(13-36-15(3)30)38-27-23(33)21(31)22(32)25(19)37-27;2-1-3/h4-5,14,16-25,27-28,31-33H,6-13H2,1-3H3,(H,29,34);1H,(H,2,3)/t16-,17-,18-,19+,20-,21-,22+,23+,24+,25+,27+;/m0./s1. The molecular weight excluding hydrogens is 556 g/mol. The highest BCUT2D eigenvalue weighted by Gasteiger charge is 2.49. The Labute approximate surface area is 245 Å². The van der Waals surface area contributed by atoms with E-state index in [1.807, 2.05) is 12.2 Å². The quantitative estimate of drug-likeness (QED) is 0.140. The molecule has 0 spiro atoms. The molecule has 13 heteroatoms. The van der Waals surface area contributed by atoms with Gasteiger partial charge >= 0.3 is 5.97 Å². The number of rotatable bonds is 6. The van der Waals surface area contributed by atoms with Crippen LogP contribution in [0.3, 0.4) is 0 Å². The second kappa shape index (κ2) is 16.2. The Bertz CT molecular complexity index is 892. The topological polar surface area (TPSA) is 184 Å². The summed E-state index contributed by atoms with van der Waals surface area (Å²) >= 11 is 1.25. The second-order valence-electron chi connectivity index (χ2n) is 11.7. The Balaban J connectivity index is 0.00000147. The van der Waals surface area contributed by atoms with E-state index >= 15 is 0 Å². The molecule has 2 bridgehead atoms. The number of carboxylic acid groups (broad SMARTS) is 1. The van der Waals surface area contributed by atoms with Crippen LogP contribution in [0.25, 0.3) is 0 Å². The first kappa shape index (κ1) is 33.8. The number of allylic oxidation sites excluding steroid dienone is 1. The summed E-state index contributed by atoms with van der Waals surface area (Å²) in [7, 11) is 0. The van der Waals surface area contributed by atoms with E-state index in [9.17, 15) is 24.9 Å². The van der Waals surface area contributed by atoms with Crippen LogP contribution in [-0.2, 0) is 28.6 Å². The van der Waals surface area contributed by atoms with Crippen molar-refractivity contribution in [1.29, 1.82) is 0 Å². The third-order valence-electron chi connectivity index (χ3n) is 8.04. The zero-order chi connectivity index (χ0) is 30.1. The van der Waals surface area contributed by atoms with Gasteiger partial charge in [0.05, 0.1) is 12.1 Å². The molecule has 0 aromatic carbocycles. The van der Waals surface area contributed by atoms with Gasteiger partial charge in [0.15, 0.2) is 0 Å². The number of carbonyl (C=O) groups is 3. The summed E-state index contributed by atoms with van der Waals surface area (Å²) in [5.74, 6) is 0.868. The van der Waals surface area contributed by atoms with Crippen LogP contribution in [0, 0.1) is 17.8 Å². The highest BCUT2D eigenvalue weighted by atomic mass is 32.2. The molecule has 11 atom stereocenters. The highest BCUT2D eigenvalue weighted by molar-refractivity contribution is 8.00. The lowest BCUT2D eigenvalue weighted by atomic mass is 9.85. The van der Waals surface area contributed by atoms with Crippen LogP contribution in [0.2, 0.25) is 0 Å². The molecule has 4 heterocycles. The van der Waals surface area contributed by atoms with Crippen LogP contribution in [0.15, 0.2) is 12.2 Å². The number of carbonyl (C=O) groups excluding carboxylic acids is 2. The zero-order valence-corrected chi connectivity index (χ0v) is 24.8. The van der Waals surface area contributed by atoms with Gasteiger partial charge in [0, 0.05) is 25.3 Å². The predicted molar refractivity (Wildman–Crippen MR) is 151 cm³/mol. The van der Waals surface area contributed by atoms with Crippen LogP contribution >= 0.6 is 11.8 Å². The van der Waals surface area contributed by atoms with Gasteiger partial charge in [0.25, 0.3) is 6.47 Å². The molecule has 12 nitrogen and oxygen atoms in total. The largest absolute Gasteiger partial charge is 0.483 e. The van der Waals surface area contributed by atoms with Crippen molar-refractivity contribution in [2.24, 2.45) is 17.8 Å². The van der Waals surface area contributed by atoms with E-state index in [1.54, 1.807) is 0 Å². The Hall–Kier alpha value is -1.74. The number of esters is 1. The predicted octanol–water partition coefficient (Wildman–Crippen LogP) is 0.424. The van der Waals surface area contributed by atoms with Crippen molar-refractivity contribution in [3.05, 3.63) is 12.2 Å². The van der Waals surface area contributed by atoms with Crippen LogP contribution in [0.1, 0.15) is 52.9 Å². The van der Waals surface area contributed by atoms with Crippen LogP contribution in [0.5, 0.6) is 0 Å². The van der Waals surface area contributed by atoms with Gasteiger partial charge < -0.3 is 45.3 Å². The molecule has 4 aliphatic heterocycles. The number of aliphatic hydroxyl groups is 3. The summed E-state index contributed by atoms with van der Waals surface area (Å²) in [6, 6.07) is -1.13. The van der Waals surface area contributed by atoms with E-state index in [4.69, 9.17) is 24.1 Å². The molecular formula is C28H46N2O10S. The van der Waals surface area contributed by atoms with E-state index in [2.05, 4.69) is 24.5 Å². The number of nitrogens with one attached hydrogen (secondary N) is 2. The minimum Gasteiger partial charge on any atom is -0.483 e. The molecule has 0 radical (unpaired) electrons. The Morgan fingerprint density at radius 3 is 2.54 bits per heavy atom. The molecule has 0 aromatic heterocycles. The number of hydrogen-bond acceptors (Lipinski definition) is 11. The van der Waals surface area contributed by atoms with Crippen molar-refractivity contribution in [3.63, 3.8) is 0 Å². The van der Waals surface area contributed by atoms with Gasteiger partial charge in [-0.2, -0.15) is 0 Å². The summed E-state index contributed by atoms with van der Waals surface area (Å²) in [5.41, 5.74) is -0.859. The lowest BCUT2D eigenvalue weighted by Gasteiger charge is -2.44. The van der Waals surface area contributed by atoms with Crippen molar-refractivity contribution in [2.45, 2.75) is 106 Å². The maximum Gasteiger partial charge on any atom is 0.302 e. The van der Waals surface area contributed by atoms with Gasteiger partial charge in [-0.3, -0.25) is 14.4 Å². The third-order valence-corrected chi connectivity index (χ3v) is 9.41. The number of thioether (sulfide) groups is 1. The molecule has 234 valence electrons. The first-order valence-electron chi connectivity index (χ1n) is 14.4. The second-order valence-corrected chi connectivity index (χ2v) is 13.1. The molecule has 41 heavy (non-hydrogen) atoms. The fourth-order valence-electron chi connectivity index (χ4n) is 6.19. The smallest absolute Gasteiger partial charge is 0.302 e. The van der Waals surface area contributed by atoms with E-state index in [1.165, 1.54) is 18.7 Å². The number of amides is 1. The first-order chi connectivity index (χ1) is 19.5. The van der Waals surface area contributed by atoms with Crippen LogP contribution in [0.4, 0.5) is 0 Å². The zero-order valence-electron chi connectivity index (χ0n) is 24.0. The first-order valence-corrected chi connectivity index (χ1v) is 15.4. The molecule has 4 rings (SSSR count). The van der Waals surface area contributed by atoms with Gasteiger partial charge in [-0.15, -0.1) is 11.8 Å². The van der Waals surface area contributed by atoms with Crippen LogP contribution < -0.4 is 10.6 Å². The summed E-state index contributed by atoms with van der Waals surface area (Å²) in [6.45, 7) is 7.05. The SMILES string of the molecule is CC(=O)OC[C@@H]1CC=CC[C@@H](NC(=O)[C@H]2NC[C@@H]3C[C@H](CC(C)C)CCO[C@H]32)[C@H]2O[C@H](S1)[C@H](O)[C@@H](O)[C@H]2O.O=CO. The van der Waals surface area contributed by atoms with Gasteiger partial charge in [-0.1, -0.05) is 26.0 Å². The van der Waals surface area contributed by atoms with Gasteiger partial charge in [0.1, 0.15) is 42.5 Å². The Morgan fingerprint density at radius 2 is 1.85 bits per heavy atom. The molecule has 0 aliphatic carbocycles. The van der Waals surface area contributed by atoms with Crippen molar-refractivity contribution in [2.75, 3.05) is 19.8 Å². The molecule has 3 fully saturated rings. The maximum atomic E-state index is 13.5. The van der Waals surface area contributed by atoms with Crippen molar-refractivity contribution in [1.82, 2.24) is 10.6 Å². The molecule has 0 unspecified atom stereocenters. The van der Waals surface area contributed by atoms with Gasteiger partial charge in [0.2, 0.25) is 5.91 Å². The molecule has 6 N–H and O–H groups in total. The maximum absolute atomic E-state index is 13.5. The highest BCUT2D eigenvalue weighted by Crippen LogP contribution is 2.36. The third kappa shape index (κ3) is 9.37. The summed E-state index contributed by atoms with van der Waals surface area (Å²) in [4.78, 5) is 33.2. The van der Waals surface area contributed by atoms with Crippen molar-refractivity contribution >= 4 is 30.1 Å². The van der Waals surface area contributed by atoms with E-state index < -0.39 is 47.9 Å². The van der Waals surface area contributed by atoms with Crippen molar-refractivity contribution in [3.8, 4) is 0 Å². The van der Waals surface area contributed by atoms with E-state index in [0.717, 1.165) is 25.8 Å². The lowest BCUT2D eigenvalue weighted by Crippen LogP contribution is -2.64. The lowest BCUT2D eigenvalue weighted by molar-refractivity contribution is -0.205. The number of hydrogen-bond donors (Lipinski definition) is 6. The molecule has 4 aliphatic rings. The Morgan fingerprint density at radius 1 is 1.15 bits per heavy atom. The normalized spacial score (nSPS) is 39.0. The van der Waals surface area contributed by atoms with Gasteiger partial charge in [-0.25, -0.2) is 0 Å². The monoisotopic (exact) mass is 602 g/mol. The summed E-state index contributed by atoms with van der Waals surface area (Å²) in [6.07, 6.45) is 2.66. The minimum absolute atomic E-state index is 0.133. The number of fused-ring (bicyclic) bond motifs is 3. The van der Waals surface area contributed by atoms with E-state index in [-0.39, 0.29) is 36.3 Å². The van der Waals surface area contributed by atoms with E-state index in [0.29, 0.717) is 31.3 Å². The molecule has 1 amide bonds.